The molecule has 21 heavy (non-hydrogen) atoms. The monoisotopic (exact) mass is 405 g/mol. The van der Waals surface area contributed by atoms with Gasteiger partial charge in [0.05, 0.1) is 0 Å². The van der Waals surface area contributed by atoms with E-state index in [9.17, 15) is 4.39 Å². The number of hydrogen-bond donors (Lipinski definition) is 1. The van der Waals surface area contributed by atoms with Gasteiger partial charge >= 0.3 is 0 Å². The maximum absolute atomic E-state index is 12.2. The summed E-state index contributed by atoms with van der Waals surface area (Å²) in [6.07, 6.45) is 10.9. The standard InChI is InChI=1S/C6H6FN.3C4H10.Sn/c1-5-3-2-4-8-6(5)7;3*1-3-4-2;/h3-4,8H,1H3;3*3-4H2,1-2H3;. The molecule has 0 aromatic rings. The maximum atomic E-state index is 12.2. The summed E-state index contributed by atoms with van der Waals surface area (Å²) in [6.45, 7) is 14.8. The van der Waals surface area contributed by atoms with E-state index < -0.39 is 0 Å². The summed E-state index contributed by atoms with van der Waals surface area (Å²) in [6, 6.07) is 0. The van der Waals surface area contributed by atoms with E-state index in [1.165, 1.54) is 44.7 Å². The van der Waals surface area contributed by atoms with E-state index >= 15 is 0 Å². The number of rotatable bonds is 3. The normalized spacial score (nSPS) is 10.7. The van der Waals surface area contributed by atoms with Gasteiger partial charge in [0.2, 0.25) is 0 Å². The van der Waals surface area contributed by atoms with Crippen molar-refractivity contribution in [2.75, 3.05) is 0 Å². The van der Waals surface area contributed by atoms with Gasteiger partial charge < -0.3 is 5.32 Å². The molecule has 1 aliphatic rings. The second-order valence-corrected chi connectivity index (χ2v) is 4.60. The summed E-state index contributed by atoms with van der Waals surface area (Å²) < 4.78 is 12.2. The van der Waals surface area contributed by atoms with Gasteiger partial charge in [0, 0.05) is 35.7 Å². The smallest absolute Gasteiger partial charge is 0.195 e. The van der Waals surface area contributed by atoms with Crippen molar-refractivity contribution in [3.05, 3.63) is 29.5 Å². The van der Waals surface area contributed by atoms with Crippen molar-refractivity contribution in [3.8, 4) is 0 Å². The van der Waals surface area contributed by atoms with Crippen LogP contribution in [-0.4, -0.2) is 23.9 Å². The maximum Gasteiger partial charge on any atom is 0.195 e. The third kappa shape index (κ3) is 32.9. The van der Waals surface area contributed by atoms with Gasteiger partial charge in [0.1, 0.15) is 0 Å². The van der Waals surface area contributed by atoms with Crippen molar-refractivity contribution in [2.45, 2.75) is 87.0 Å². The molecule has 0 spiro atoms. The van der Waals surface area contributed by atoms with Crippen molar-refractivity contribution in [1.82, 2.24) is 5.32 Å². The van der Waals surface area contributed by atoms with E-state index in [1.54, 1.807) is 13.0 Å². The third-order valence-corrected chi connectivity index (χ3v) is 2.43. The predicted molar refractivity (Wildman–Crippen MR) is 97.1 cm³/mol. The van der Waals surface area contributed by atoms with Gasteiger partial charge in [-0.15, -0.1) is 5.73 Å². The van der Waals surface area contributed by atoms with Crippen LogP contribution in [-0.2, 0) is 0 Å². The summed E-state index contributed by atoms with van der Waals surface area (Å²) in [7, 11) is 0. The molecule has 4 radical (unpaired) electrons. The first-order chi connectivity index (χ1) is 9.55. The molecule has 0 aliphatic carbocycles. The first kappa shape index (κ1) is 28.9. The summed E-state index contributed by atoms with van der Waals surface area (Å²) in [5.41, 5.74) is 3.30. The molecule has 0 aromatic heterocycles. The molecule has 1 aliphatic heterocycles. The van der Waals surface area contributed by atoms with Crippen LogP contribution >= 0.6 is 0 Å². The van der Waals surface area contributed by atoms with Crippen molar-refractivity contribution < 1.29 is 4.39 Å². The second-order valence-electron chi connectivity index (χ2n) is 4.60. The van der Waals surface area contributed by atoms with Gasteiger partial charge in [-0.05, 0) is 13.0 Å². The van der Waals surface area contributed by atoms with Crippen LogP contribution in [0.25, 0.3) is 0 Å². The average molecular weight is 404 g/mol. The molecule has 1 N–H and O–H groups in total. The Morgan fingerprint density at radius 3 is 1.33 bits per heavy atom. The molecule has 1 nitrogen and oxygen atoms in total. The minimum Gasteiger partial charge on any atom is -0.331 e. The van der Waals surface area contributed by atoms with E-state index in [0.29, 0.717) is 5.57 Å². The fourth-order valence-electron chi connectivity index (χ4n) is 0.449. The molecule has 1 heterocycles. The predicted octanol–water partition coefficient (Wildman–Crippen LogP) is 6.50. The van der Waals surface area contributed by atoms with E-state index in [4.69, 9.17) is 0 Å². The molecule has 1 rings (SSSR count). The molecule has 0 fully saturated rings. The summed E-state index contributed by atoms with van der Waals surface area (Å²) >= 11 is 0. The fraction of sp³-hybridized carbons (Fsp3) is 0.722. The molecule has 3 heteroatoms. The largest absolute Gasteiger partial charge is 0.331 e. The SMILES string of the molecule is CC1=C(F)NC=C=C1.CCCC.CCCC.CCCC.[Sn]. The Morgan fingerprint density at radius 1 is 0.857 bits per heavy atom. The van der Waals surface area contributed by atoms with Crippen LogP contribution < -0.4 is 5.32 Å². The summed E-state index contributed by atoms with van der Waals surface area (Å²) in [4.78, 5) is 0. The van der Waals surface area contributed by atoms with Gasteiger partial charge in [-0.25, -0.2) is 0 Å². The van der Waals surface area contributed by atoms with Crippen LogP contribution in [0.5, 0.6) is 0 Å². The first-order valence-corrected chi connectivity index (χ1v) is 8.09. The molecular weight excluding hydrogens is 368 g/mol. The zero-order chi connectivity index (χ0) is 16.2. The third-order valence-electron chi connectivity index (χ3n) is 2.43. The molecule has 0 saturated heterocycles. The molecule has 124 valence electrons. The second kappa shape index (κ2) is 28.0. The average Bonchev–Trinajstić information content (AvgIpc) is 2.51. The van der Waals surface area contributed by atoms with Gasteiger partial charge in [0.25, 0.3) is 0 Å². The van der Waals surface area contributed by atoms with Crippen LogP contribution in [0.2, 0.25) is 0 Å². The summed E-state index contributed by atoms with van der Waals surface area (Å²) in [5, 5.41) is 2.38. The molecule has 0 aromatic carbocycles. The summed E-state index contributed by atoms with van der Waals surface area (Å²) in [5.74, 6) is -0.288. The zero-order valence-electron chi connectivity index (χ0n) is 15.3. The Balaban J connectivity index is -0.0000000973. The Kier molecular flexibility index (Phi) is 38.5. The molecule has 0 bridgehead atoms. The Hall–Kier alpha value is -0.211. The topological polar surface area (TPSA) is 12.0 Å². The minimum absolute atomic E-state index is 0. The fourth-order valence-corrected chi connectivity index (χ4v) is 0.449. The van der Waals surface area contributed by atoms with Gasteiger partial charge in [-0.2, -0.15) is 4.39 Å². The molecule has 0 amide bonds. The number of allylic oxidation sites excluding steroid dienone is 2. The van der Waals surface area contributed by atoms with Crippen molar-refractivity contribution in [2.24, 2.45) is 0 Å². The van der Waals surface area contributed by atoms with Crippen LogP contribution in [0.15, 0.2) is 29.5 Å². The minimum atomic E-state index is -0.288. The molecule has 0 saturated carbocycles. The Bertz CT molecular complexity index is 251. The molecule has 0 atom stereocenters. The van der Waals surface area contributed by atoms with Crippen molar-refractivity contribution in [1.29, 1.82) is 0 Å². The van der Waals surface area contributed by atoms with Crippen LogP contribution in [0.3, 0.4) is 0 Å². The Morgan fingerprint density at radius 2 is 1.19 bits per heavy atom. The van der Waals surface area contributed by atoms with Gasteiger partial charge in [-0.1, -0.05) is 80.1 Å². The number of nitrogens with one attached hydrogen (secondary N) is 1. The van der Waals surface area contributed by atoms with Crippen LogP contribution in [0, 0.1) is 0 Å². The van der Waals surface area contributed by atoms with Gasteiger partial charge in [0.15, 0.2) is 5.95 Å². The van der Waals surface area contributed by atoms with Crippen molar-refractivity contribution in [3.63, 3.8) is 0 Å². The van der Waals surface area contributed by atoms with E-state index in [2.05, 4.69) is 52.6 Å². The van der Waals surface area contributed by atoms with E-state index in [-0.39, 0.29) is 29.9 Å². The number of hydrogen-bond acceptors (Lipinski definition) is 1. The molecule has 0 unspecified atom stereocenters. The Labute approximate surface area is 150 Å². The van der Waals surface area contributed by atoms with Crippen LogP contribution in [0.4, 0.5) is 4.39 Å². The van der Waals surface area contributed by atoms with Crippen molar-refractivity contribution >= 4 is 23.9 Å². The first-order valence-electron chi connectivity index (χ1n) is 8.09. The van der Waals surface area contributed by atoms with E-state index in [1.807, 2.05) is 0 Å². The number of unbranched alkanes of at least 4 members (excludes halogenated alkanes) is 3. The molecular formula is C18H36FNSn. The van der Waals surface area contributed by atoms with Gasteiger partial charge in [-0.3, -0.25) is 0 Å². The van der Waals surface area contributed by atoms with Crippen LogP contribution in [0.1, 0.15) is 87.0 Å². The number of halogens is 1. The van der Waals surface area contributed by atoms with E-state index in [0.717, 1.165) is 0 Å². The zero-order valence-corrected chi connectivity index (χ0v) is 18.1. The quantitative estimate of drug-likeness (QED) is 0.322.